The Balaban J connectivity index is 1.64. The maximum atomic E-state index is 12.4. The van der Waals surface area contributed by atoms with Gasteiger partial charge in [-0.2, -0.15) is 5.10 Å². The predicted octanol–water partition coefficient (Wildman–Crippen LogP) is 5.72. The first-order valence-corrected chi connectivity index (χ1v) is 10.1. The second-order valence-corrected chi connectivity index (χ2v) is 7.68. The molecule has 4 aromatic rings. The summed E-state index contributed by atoms with van der Waals surface area (Å²) in [5.41, 5.74) is 8.49. The van der Waals surface area contributed by atoms with Crippen LogP contribution in [-0.2, 0) is 6.54 Å². The van der Waals surface area contributed by atoms with Crippen molar-refractivity contribution in [3.63, 3.8) is 0 Å². The van der Waals surface area contributed by atoms with Crippen LogP contribution in [0.5, 0.6) is 0 Å². The third-order valence-corrected chi connectivity index (χ3v) is 5.49. The summed E-state index contributed by atoms with van der Waals surface area (Å²) < 4.78 is 2.24. The lowest BCUT2D eigenvalue weighted by Gasteiger charge is -2.09. The SMILES string of the molecule is Cc1ccccc1C(=O)N/N=C\c1c(C)n(Cc2cccc(Cl)c2)c2ccccc12. The van der Waals surface area contributed by atoms with E-state index in [0.29, 0.717) is 12.1 Å². The van der Waals surface area contributed by atoms with Gasteiger partial charge in [0.15, 0.2) is 0 Å². The van der Waals surface area contributed by atoms with Gasteiger partial charge in [-0.05, 0) is 49.2 Å². The van der Waals surface area contributed by atoms with E-state index in [1.54, 1.807) is 12.3 Å². The minimum atomic E-state index is -0.218. The second-order valence-electron chi connectivity index (χ2n) is 7.25. The molecule has 0 aliphatic carbocycles. The Hall–Kier alpha value is -3.37. The average Bonchev–Trinajstić information content (AvgIpc) is 3.00. The average molecular weight is 416 g/mol. The normalized spacial score (nSPS) is 11.3. The number of rotatable bonds is 5. The number of nitrogens with one attached hydrogen (secondary N) is 1. The van der Waals surface area contributed by atoms with Gasteiger partial charge in [0.1, 0.15) is 0 Å². The number of benzene rings is 3. The van der Waals surface area contributed by atoms with Crippen LogP contribution >= 0.6 is 11.6 Å². The van der Waals surface area contributed by atoms with Crippen molar-refractivity contribution in [2.45, 2.75) is 20.4 Å². The molecular weight excluding hydrogens is 394 g/mol. The van der Waals surface area contributed by atoms with Crippen LogP contribution in [0.4, 0.5) is 0 Å². The van der Waals surface area contributed by atoms with Gasteiger partial charge in [0.2, 0.25) is 0 Å². The molecule has 1 heterocycles. The van der Waals surface area contributed by atoms with Gasteiger partial charge in [-0.3, -0.25) is 4.79 Å². The second kappa shape index (κ2) is 8.56. The number of hydrazone groups is 1. The Kier molecular flexibility index (Phi) is 5.68. The number of amides is 1. The summed E-state index contributed by atoms with van der Waals surface area (Å²) in [7, 11) is 0. The van der Waals surface area contributed by atoms with Crippen molar-refractivity contribution in [3.8, 4) is 0 Å². The number of carbonyl (C=O) groups excluding carboxylic acids is 1. The van der Waals surface area contributed by atoms with Crippen molar-refractivity contribution in [1.29, 1.82) is 0 Å². The van der Waals surface area contributed by atoms with E-state index in [1.165, 1.54) is 0 Å². The minimum absolute atomic E-state index is 0.218. The molecule has 0 saturated heterocycles. The molecule has 0 aliphatic rings. The van der Waals surface area contributed by atoms with E-state index in [0.717, 1.165) is 38.3 Å². The first-order chi connectivity index (χ1) is 14.5. The van der Waals surface area contributed by atoms with E-state index >= 15 is 0 Å². The topological polar surface area (TPSA) is 46.4 Å². The van der Waals surface area contributed by atoms with Crippen LogP contribution in [0.1, 0.15) is 32.7 Å². The highest BCUT2D eigenvalue weighted by molar-refractivity contribution is 6.30. The Bertz CT molecular complexity index is 1260. The molecule has 0 aliphatic heterocycles. The number of hydrogen-bond acceptors (Lipinski definition) is 2. The molecule has 30 heavy (non-hydrogen) atoms. The number of nitrogens with zero attached hydrogens (tertiary/aromatic N) is 2. The lowest BCUT2D eigenvalue weighted by atomic mass is 10.1. The van der Waals surface area contributed by atoms with E-state index in [-0.39, 0.29) is 5.91 Å². The maximum Gasteiger partial charge on any atom is 0.271 e. The quantitative estimate of drug-likeness (QED) is 0.328. The Morgan fingerprint density at radius 1 is 1.03 bits per heavy atom. The van der Waals surface area contributed by atoms with Crippen LogP contribution in [0.25, 0.3) is 10.9 Å². The molecule has 0 radical (unpaired) electrons. The molecule has 1 N–H and O–H groups in total. The number of para-hydroxylation sites is 1. The molecule has 0 bridgehead atoms. The molecule has 0 fully saturated rings. The van der Waals surface area contributed by atoms with Gasteiger partial charge in [-0.25, -0.2) is 5.43 Å². The molecule has 4 nitrogen and oxygen atoms in total. The largest absolute Gasteiger partial charge is 0.340 e. The van der Waals surface area contributed by atoms with E-state index in [9.17, 15) is 4.79 Å². The van der Waals surface area contributed by atoms with E-state index in [4.69, 9.17) is 11.6 Å². The van der Waals surface area contributed by atoms with Gasteiger partial charge in [0, 0.05) is 39.3 Å². The van der Waals surface area contributed by atoms with Gasteiger partial charge < -0.3 is 4.57 Å². The van der Waals surface area contributed by atoms with Crippen molar-refractivity contribution in [2.24, 2.45) is 5.10 Å². The molecule has 5 heteroatoms. The lowest BCUT2D eigenvalue weighted by Crippen LogP contribution is -2.18. The van der Waals surface area contributed by atoms with Gasteiger partial charge in [-0.1, -0.05) is 60.1 Å². The molecule has 1 amide bonds. The van der Waals surface area contributed by atoms with Crippen LogP contribution in [0.3, 0.4) is 0 Å². The number of aryl methyl sites for hydroxylation is 1. The summed E-state index contributed by atoms with van der Waals surface area (Å²) in [5.74, 6) is -0.218. The molecule has 0 atom stereocenters. The van der Waals surface area contributed by atoms with Crippen molar-refractivity contribution < 1.29 is 4.79 Å². The third-order valence-electron chi connectivity index (χ3n) is 5.26. The number of halogens is 1. The predicted molar refractivity (Wildman–Crippen MR) is 123 cm³/mol. The molecule has 1 aromatic heterocycles. The highest BCUT2D eigenvalue weighted by atomic mass is 35.5. The Morgan fingerprint density at radius 3 is 2.60 bits per heavy atom. The summed E-state index contributed by atoms with van der Waals surface area (Å²) in [6.45, 7) is 4.68. The van der Waals surface area contributed by atoms with Crippen LogP contribution in [0.2, 0.25) is 5.02 Å². The van der Waals surface area contributed by atoms with Crippen LogP contribution in [0.15, 0.2) is 77.9 Å². The van der Waals surface area contributed by atoms with Crippen LogP contribution in [0, 0.1) is 13.8 Å². The van der Waals surface area contributed by atoms with E-state index in [2.05, 4.69) is 40.2 Å². The van der Waals surface area contributed by atoms with Crippen molar-refractivity contribution in [1.82, 2.24) is 9.99 Å². The summed E-state index contributed by atoms with van der Waals surface area (Å²) in [5, 5.41) is 6.06. The zero-order valence-corrected chi connectivity index (χ0v) is 17.6. The molecule has 150 valence electrons. The molecule has 0 saturated carbocycles. The zero-order chi connectivity index (χ0) is 21.1. The summed E-state index contributed by atoms with van der Waals surface area (Å²) >= 11 is 6.16. The fraction of sp³-hybridized carbons (Fsp3) is 0.120. The van der Waals surface area contributed by atoms with Gasteiger partial charge in [-0.15, -0.1) is 0 Å². The summed E-state index contributed by atoms with van der Waals surface area (Å²) in [6, 6.07) is 23.5. The number of aromatic nitrogens is 1. The summed E-state index contributed by atoms with van der Waals surface area (Å²) in [6.07, 6.45) is 1.72. The standard InChI is InChI=1S/C25H22ClN3O/c1-17-8-3-4-11-21(17)25(30)28-27-15-23-18(2)29(24-13-6-5-12-22(23)24)16-19-9-7-10-20(26)14-19/h3-15H,16H2,1-2H3,(H,28,30)/b27-15-. The maximum absolute atomic E-state index is 12.4. The number of fused-ring (bicyclic) bond motifs is 1. The smallest absolute Gasteiger partial charge is 0.271 e. The van der Waals surface area contributed by atoms with Crippen LogP contribution in [-0.4, -0.2) is 16.7 Å². The number of carbonyl (C=O) groups is 1. The molecule has 4 rings (SSSR count). The monoisotopic (exact) mass is 415 g/mol. The minimum Gasteiger partial charge on any atom is -0.340 e. The molecular formula is C25H22ClN3O. The highest BCUT2D eigenvalue weighted by Gasteiger charge is 2.13. The van der Waals surface area contributed by atoms with E-state index < -0.39 is 0 Å². The first kappa shape index (κ1) is 19.9. The van der Waals surface area contributed by atoms with Gasteiger partial charge in [0.25, 0.3) is 5.91 Å². The van der Waals surface area contributed by atoms with Crippen molar-refractivity contribution in [2.75, 3.05) is 0 Å². The Labute approximate surface area is 180 Å². The molecule has 0 unspecified atom stereocenters. The van der Waals surface area contributed by atoms with Gasteiger partial charge in [0.05, 0.1) is 6.21 Å². The molecule has 3 aromatic carbocycles. The number of hydrogen-bond donors (Lipinski definition) is 1. The lowest BCUT2D eigenvalue weighted by molar-refractivity contribution is 0.0954. The first-order valence-electron chi connectivity index (χ1n) is 9.76. The fourth-order valence-corrected chi connectivity index (χ4v) is 3.90. The zero-order valence-electron chi connectivity index (χ0n) is 16.9. The molecule has 0 spiro atoms. The van der Waals surface area contributed by atoms with Crippen molar-refractivity contribution >= 4 is 34.6 Å². The fourth-order valence-electron chi connectivity index (χ4n) is 3.69. The Morgan fingerprint density at radius 2 is 1.80 bits per heavy atom. The highest BCUT2D eigenvalue weighted by Crippen LogP contribution is 2.26. The summed E-state index contributed by atoms with van der Waals surface area (Å²) in [4.78, 5) is 12.4. The van der Waals surface area contributed by atoms with Gasteiger partial charge >= 0.3 is 0 Å². The third kappa shape index (κ3) is 4.00. The van der Waals surface area contributed by atoms with Crippen molar-refractivity contribution in [3.05, 3.63) is 106 Å². The van der Waals surface area contributed by atoms with Crippen LogP contribution < -0.4 is 5.43 Å². The van der Waals surface area contributed by atoms with E-state index in [1.807, 2.05) is 55.5 Å².